The molecule has 3 N–H and O–H groups in total. The highest BCUT2D eigenvalue weighted by molar-refractivity contribution is 7.18. The van der Waals surface area contributed by atoms with Gasteiger partial charge in [0.2, 0.25) is 0 Å². The van der Waals surface area contributed by atoms with Crippen LogP contribution in [0.4, 0.5) is 13.2 Å². The molecular weight excluding hydrogens is 381 g/mol. The van der Waals surface area contributed by atoms with Crippen molar-refractivity contribution in [2.24, 2.45) is 11.7 Å². The maximum atomic E-state index is 12.9. The maximum Gasteiger partial charge on any atom is 0.390 e. The predicted octanol–water partition coefficient (Wildman–Crippen LogP) is 2.19. The molecule has 2 aromatic heterocycles. The maximum absolute atomic E-state index is 12.9. The molecule has 0 saturated carbocycles. The largest absolute Gasteiger partial charge is 0.390 e. The van der Waals surface area contributed by atoms with Gasteiger partial charge in [-0.05, 0) is 18.4 Å². The van der Waals surface area contributed by atoms with Crippen LogP contribution in [-0.2, 0) is 19.6 Å². The topological polar surface area (TPSA) is 82.1 Å². The first-order chi connectivity index (χ1) is 12.6. The summed E-state index contributed by atoms with van der Waals surface area (Å²) >= 11 is 1.19. The van der Waals surface area contributed by atoms with Crippen LogP contribution in [0.1, 0.15) is 30.7 Å². The molecule has 0 aliphatic carbocycles. The fourth-order valence-electron chi connectivity index (χ4n) is 2.87. The van der Waals surface area contributed by atoms with E-state index in [-0.39, 0.29) is 12.5 Å². The second kappa shape index (κ2) is 8.57. The van der Waals surface area contributed by atoms with E-state index in [1.165, 1.54) is 11.3 Å². The molecular formula is C17H25F3N4O2S. The third-order valence-electron chi connectivity index (χ3n) is 4.17. The van der Waals surface area contributed by atoms with Crippen molar-refractivity contribution in [2.45, 2.75) is 53.0 Å². The Kier molecular flexibility index (Phi) is 6.87. The van der Waals surface area contributed by atoms with E-state index in [1.54, 1.807) is 6.92 Å². The van der Waals surface area contributed by atoms with Gasteiger partial charge in [-0.25, -0.2) is 4.79 Å². The molecule has 0 aliphatic rings. The summed E-state index contributed by atoms with van der Waals surface area (Å²) < 4.78 is 40.4. The molecule has 0 fully saturated rings. The number of halogens is 3. The number of hydrogen-bond donors (Lipinski definition) is 2. The van der Waals surface area contributed by atoms with E-state index in [1.807, 2.05) is 13.8 Å². The van der Waals surface area contributed by atoms with Gasteiger partial charge in [0.05, 0.1) is 11.8 Å². The first-order valence-corrected chi connectivity index (χ1v) is 9.61. The SMILES string of the molecule is Cc1c(CNCCN)sc2c1c(=O)n(CC(C)C)c(=O)n2CCC(F)(F)F. The lowest BCUT2D eigenvalue weighted by molar-refractivity contribution is -0.136. The third kappa shape index (κ3) is 4.99. The first-order valence-electron chi connectivity index (χ1n) is 8.80. The van der Waals surface area contributed by atoms with E-state index >= 15 is 0 Å². The van der Waals surface area contributed by atoms with Gasteiger partial charge >= 0.3 is 11.9 Å². The number of rotatable bonds is 8. The van der Waals surface area contributed by atoms with E-state index in [0.29, 0.717) is 35.4 Å². The fourth-order valence-corrected chi connectivity index (χ4v) is 4.16. The van der Waals surface area contributed by atoms with Gasteiger partial charge in [-0.1, -0.05) is 13.8 Å². The second-order valence-electron chi connectivity index (χ2n) is 6.90. The lowest BCUT2D eigenvalue weighted by Crippen LogP contribution is -2.41. The lowest BCUT2D eigenvalue weighted by Gasteiger charge is -2.14. The Balaban J connectivity index is 2.66. The highest BCUT2D eigenvalue weighted by atomic mass is 32.1. The standard InChI is InChI=1S/C17H25F3N4O2S/c1-10(2)9-24-14(25)13-11(3)12(8-22-6-5-21)27-15(13)23(16(24)26)7-4-17(18,19)20/h10,22H,4-9,21H2,1-3H3. The summed E-state index contributed by atoms with van der Waals surface area (Å²) in [5.41, 5.74) is 5.03. The van der Waals surface area contributed by atoms with Crippen LogP contribution in [0.2, 0.25) is 0 Å². The summed E-state index contributed by atoms with van der Waals surface area (Å²) in [4.78, 5) is 26.8. The quantitative estimate of drug-likeness (QED) is 0.659. The Morgan fingerprint density at radius 3 is 2.44 bits per heavy atom. The third-order valence-corrected chi connectivity index (χ3v) is 5.48. The van der Waals surface area contributed by atoms with Gasteiger partial charge in [-0.3, -0.25) is 13.9 Å². The van der Waals surface area contributed by atoms with Crippen molar-refractivity contribution < 1.29 is 13.2 Å². The van der Waals surface area contributed by atoms with E-state index in [0.717, 1.165) is 14.0 Å². The minimum absolute atomic E-state index is 0.00792. The monoisotopic (exact) mass is 406 g/mol. The van der Waals surface area contributed by atoms with Gasteiger partial charge in [0.1, 0.15) is 4.83 Å². The Hall–Kier alpha value is -1.65. The number of alkyl halides is 3. The number of aryl methyl sites for hydroxylation is 2. The highest BCUT2D eigenvalue weighted by Crippen LogP contribution is 2.29. The summed E-state index contributed by atoms with van der Waals surface area (Å²) in [6.07, 6.45) is -5.51. The normalized spacial score (nSPS) is 12.4. The number of nitrogens with two attached hydrogens (primary N) is 1. The van der Waals surface area contributed by atoms with E-state index in [4.69, 9.17) is 5.73 Å². The molecule has 0 radical (unpaired) electrons. The summed E-state index contributed by atoms with van der Waals surface area (Å²) in [6, 6.07) is 0. The fraction of sp³-hybridized carbons (Fsp3) is 0.647. The number of nitrogens with zero attached hydrogens (tertiary/aromatic N) is 2. The minimum atomic E-state index is -4.39. The Morgan fingerprint density at radius 1 is 1.22 bits per heavy atom. The highest BCUT2D eigenvalue weighted by Gasteiger charge is 2.28. The molecule has 10 heteroatoms. The summed E-state index contributed by atoms with van der Waals surface area (Å²) in [7, 11) is 0. The van der Waals surface area contributed by atoms with Gasteiger partial charge in [0, 0.05) is 37.6 Å². The average Bonchev–Trinajstić information content (AvgIpc) is 2.87. The van der Waals surface area contributed by atoms with Crippen LogP contribution in [-0.4, -0.2) is 28.4 Å². The second-order valence-corrected chi connectivity index (χ2v) is 7.99. The molecule has 0 atom stereocenters. The van der Waals surface area contributed by atoms with Gasteiger partial charge in [0.15, 0.2) is 0 Å². The smallest absolute Gasteiger partial charge is 0.329 e. The predicted molar refractivity (Wildman–Crippen MR) is 101 cm³/mol. The summed E-state index contributed by atoms with van der Waals surface area (Å²) in [6.45, 7) is 6.57. The first kappa shape index (κ1) is 21.6. The average molecular weight is 406 g/mol. The van der Waals surface area contributed by atoms with Gasteiger partial charge in [0.25, 0.3) is 5.56 Å². The van der Waals surface area contributed by atoms with Crippen LogP contribution in [0, 0.1) is 12.8 Å². The van der Waals surface area contributed by atoms with Crippen LogP contribution in [0.5, 0.6) is 0 Å². The van der Waals surface area contributed by atoms with Gasteiger partial charge in [-0.2, -0.15) is 13.2 Å². The van der Waals surface area contributed by atoms with Crippen molar-refractivity contribution in [3.05, 3.63) is 31.3 Å². The van der Waals surface area contributed by atoms with Crippen molar-refractivity contribution in [3.63, 3.8) is 0 Å². The minimum Gasteiger partial charge on any atom is -0.329 e. The van der Waals surface area contributed by atoms with Crippen molar-refractivity contribution in [3.8, 4) is 0 Å². The molecule has 0 saturated heterocycles. The number of aromatic nitrogens is 2. The zero-order chi connectivity index (χ0) is 20.4. The number of fused-ring (bicyclic) bond motifs is 1. The Labute approximate surface area is 158 Å². The van der Waals surface area contributed by atoms with Crippen molar-refractivity contribution >= 4 is 21.6 Å². The van der Waals surface area contributed by atoms with E-state index < -0.39 is 30.4 Å². The molecule has 0 spiro atoms. The van der Waals surface area contributed by atoms with Crippen LogP contribution < -0.4 is 22.3 Å². The number of nitrogens with one attached hydrogen (secondary N) is 1. The van der Waals surface area contributed by atoms with Crippen molar-refractivity contribution in [1.82, 2.24) is 14.5 Å². The van der Waals surface area contributed by atoms with Crippen LogP contribution in [0.15, 0.2) is 9.59 Å². The summed E-state index contributed by atoms with van der Waals surface area (Å²) in [5.74, 6) is 0.00792. The molecule has 0 bridgehead atoms. The molecule has 2 heterocycles. The molecule has 2 aromatic rings. The zero-order valence-corrected chi connectivity index (χ0v) is 16.5. The molecule has 6 nitrogen and oxygen atoms in total. The number of thiophene rings is 1. The molecule has 2 rings (SSSR count). The zero-order valence-electron chi connectivity index (χ0n) is 15.7. The summed E-state index contributed by atoms with van der Waals surface area (Å²) in [5, 5.41) is 3.44. The van der Waals surface area contributed by atoms with Crippen LogP contribution in [0.3, 0.4) is 0 Å². The Morgan fingerprint density at radius 2 is 1.89 bits per heavy atom. The molecule has 27 heavy (non-hydrogen) atoms. The van der Waals surface area contributed by atoms with E-state index in [2.05, 4.69) is 5.32 Å². The van der Waals surface area contributed by atoms with Gasteiger partial charge in [-0.15, -0.1) is 11.3 Å². The number of hydrogen-bond acceptors (Lipinski definition) is 5. The molecule has 0 aromatic carbocycles. The molecule has 0 amide bonds. The van der Waals surface area contributed by atoms with E-state index in [9.17, 15) is 22.8 Å². The molecule has 152 valence electrons. The Bertz CT molecular complexity index is 912. The molecule has 0 aliphatic heterocycles. The van der Waals surface area contributed by atoms with Crippen LogP contribution in [0.25, 0.3) is 10.2 Å². The van der Waals surface area contributed by atoms with Gasteiger partial charge < -0.3 is 11.1 Å². The lowest BCUT2D eigenvalue weighted by atomic mass is 10.2. The van der Waals surface area contributed by atoms with Crippen molar-refractivity contribution in [1.29, 1.82) is 0 Å². The van der Waals surface area contributed by atoms with Crippen LogP contribution >= 0.6 is 11.3 Å². The van der Waals surface area contributed by atoms with Crippen molar-refractivity contribution in [2.75, 3.05) is 13.1 Å². The molecule has 0 unspecified atom stereocenters.